The highest BCUT2D eigenvalue weighted by Crippen LogP contribution is 1.88. The van der Waals surface area contributed by atoms with Crippen LogP contribution < -0.4 is 0 Å². The first kappa shape index (κ1) is 6.09. The molecule has 0 amide bonds. The van der Waals surface area contributed by atoms with Gasteiger partial charge in [0.25, 0.3) is 0 Å². The second-order valence-corrected chi connectivity index (χ2v) is 1.47. The van der Waals surface area contributed by atoms with Gasteiger partial charge >= 0.3 is 0 Å². The molecule has 0 bridgehead atoms. The molecule has 0 aromatic rings. The Bertz CT molecular complexity index is 39.2. The summed E-state index contributed by atoms with van der Waals surface area (Å²) < 4.78 is 0. The van der Waals surface area contributed by atoms with E-state index in [-0.39, 0.29) is 0 Å². The predicted octanol–water partition coefficient (Wildman–Crippen LogP) is 2.23. The molecular formula is C5H10S. The quantitative estimate of drug-likeness (QED) is 0.508. The molecule has 0 rings (SSSR count). The van der Waals surface area contributed by atoms with Gasteiger partial charge in [0.15, 0.2) is 0 Å². The average molecular weight is 102 g/mol. The molecule has 0 radical (unpaired) electrons. The van der Waals surface area contributed by atoms with Crippen molar-refractivity contribution in [2.45, 2.75) is 19.8 Å². The van der Waals surface area contributed by atoms with Gasteiger partial charge in [-0.05, 0) is 11.8 Å². The number of thiol groups is 1. The Morgan fingerprint density at radius 1 is 1.67 bits per heavy atom. The van der Waals surface area contributed by atoms with E-state index in [1.807, 2.05) is 6.08 Å². The summed E-state index contributed by atoms with van der Waals surface area (Å²) in [6.07, 6.45) is 4.42. The van der Waals surface area contributed by atoms with Gasteiger partial charge < -0.3 is 0 Å². The fourth-order valence-electron chi connectivity index (χ4n) is 0.241. The summed E-state index contributed by atoms with van der Waals surface area (Å²) in [5.74, 6) is 0. The zero-order valence-electron chi connectivity index (χ0n) is 4.02. The van der Waals surface area contributed by atoms with Gasteiger partial charge in [-0.25, -0.2) is 0 Å². The SMILES string of the molecule is CCC/C=C\S. The fourth-order valence-corrected chi connectivity index (χ4v) is 0.390. The summed E-state index contributed by atoms with van der Waals surface area (Å²) >= 11 is 3.87. The third kappa shape index (κ3) is 4.09. The lowest BCUT2D eigenvalue weighted by Gasteiger charge is -1.75. The van der Waals surface area contributed by atoms with E-state index in [4.69, 9.17) is 0 Å². The van der Waals surface area contributed by atoms with Crippen LogP contribution in [0, 0.1) is 0 Å². The van der Waals surface area contributed by atoms with Gasteiger partial charge in [-0.3, -0.25) is 0 Å². The van der Waals surface area contributed by atoms with E-state index in [0.717, 1.165) is 6.42 Å². The molecule has 0 spiro atoms. The minimum atomic E-state index is 1.16. The predicted molar refractivity (Wildman–Crippen MR) is 33.0 cm³/mol. The Balaban J connectivity index is 2.66. The standard InChI is InChI=1S/C5H10S/c1-2-3-4-5-6/h4-6H,2-3H2,1H3/b5-4-. The smallest absolute Gasteiger partial charge is 0.0345 e. The summed E-state index contributed by atoms with van der Waals surface area (Å²) in [5.41, 5.74) is 0. The van der Waals surface area contributed by atoms with Gasteiger partial charge in [0, 0.05) is 0 Å². The van der Waals surface area contributed by atoms with Crippen LogP contribution in [0.15, 0.2) is 11.5 Å². The summed E-state index contributed by atoms with van der Waals surface area (Å²) in [4.78, 5) is 0. The van der Waals surface area contributed by atoms with Crippen LogP contribution in [0.25, 0.3) is 0 Å². The summed E-state index contributed by atoms with van der Waals surface area (Å²) in [5, 5.41) is 1.78. The molecule has 0 unspecified atom stereocenters. The molecule has 0 saturated carbocycles. The van der Waals surface area contributed by atoms with Crippen LogP contribution in [0.2, 0.25) is 0 Å². The van der Waals surface area contributed by atoms with E-state index < -0.39 is 0 Å². The molecule has 0 saturated heterocycles. The van der Waals surface area contributed by atoms with E-state index in [2.05, 4.69) is 19.6 Å². The van der Waals surface area contributed by atoms with Crippen LogP contribution in [-0.2, 0) is 0 Å². The summed E-state index contributed by atoms with van der Waals surface area (Å²) in [7, 11) is 0. The third-order valence-electron chi connectivity index (χ3n) is 0.561. The maximum atomic E-state index is 3.87. The zero-order valence-corrected chi connectivity index (χ0v) is 4.91. The molecule has 0 nitrogen and oxygen atoms in total. The highest BCUT2D eigenvalue weighted by molar-refractivity contribution is 7.83. The van der Waals surface area contributed by atoms with Crippen molar-refractivity contribution in [3.8, 4) is 0 Å². The van der Waals surface area contributed by atoms with Crippen molar-refractivity contribution in [2.24, 2.45) is 0 Å². The minimum absolute atomic E-state index is 1.16. The fraction of sp³-hybridized carbons (Fsp3) is 0.600. The summed E-state index contributed by atoms with van der Waals surface area (Å²) in [6, 6.07) is 0. The molecule has 6 heavy (non-hydrogen) atoms. The molecular weight excluding hydrogens is 92.1 g/mol. The van der Waals surface area contributed by atoms with Crippen molar-refractivity contribution >= 4 is 12.6 Å². The van der Waals surface area contributed by atoms with Crippen molar-refractivity contribution in [3.63, 3.8) is 0 Å². The molecule has 1 heteroatoms. The van der Waals surface area contributed by atoms with Crippen LogP contribution in [0.4, 0.5) is 0 Å². The molecule has 36 valence electrons. The second kappa shape index (κ2) is 5.09. The molecule has 0 aromatic heterocycles. The summed E-state index contributed by atoms with van der Waals surface area (Å²) in [6.45, 7) is 2.15. The Kier molecular flexibility index (Phi) is 5.17. The average Bonchev–Trinajstić information content (AvgIpc) is 1.61. The molecule has 0 atom stereocenters. The lowest BCUT2D eigenvalue weighted by atomic mass is 10.3. The number of unbranched alkanes of at least 4 members (excludes halogenated alkanes) is 1. The molecule has 0 aromatic carbocycles. The normalized spacial score (nSPS) is 10.3. The monoisotopic (exact) mass is 102 g/mol. The molecule has 0 aliphatic carbocycles. The first-order chi connectivity index (χ1) is 2.91. The van der Waals surface area contributed by atoms with Crippen molar-refractivity contribution < 1.29 is 0 Å². The van der Waals surface area contributed by atoms with E-state index >= 15 is 0 Å². The number of allylic oxidation sites excluding steroid dienone is 1. The van der Waals surface area contributed by atoms with E-state index in [0.29, 0.717) is 0 Å². The number of hydrogen-bond acceptors (Lipinski definition) is 1. The maximum Gasteiger partial charge on any atom is -0.0345 e. The van der Waals surface area contributed by atoms with Gasteiger partial charge in [-0.1, -0.05) is 19.4 Å². The molecule has 0 aliphatic heterocycles. The zero-order chi connectivity index (χ0) is 4.83. The van der Waals surface area contributed by atoms with Crippen LogP contribution in [0.5, 0.6) is 0 Å². The lowest BCUT2D eigenvalue weighted by molar-refractivity contribution is 0.960. The van der Waals surface area contributed by atoms with E-state index in [1.165, 1.54) is 6.42 Å². The largest absolute Gasteiger partial charge is 0.152 e. The van der Waals surface area contributed by atoms with Crippen molar-refractivity contribution in [1.82, 2.24) is 0 Å². The Morgan fingerprint density at radius 3 is 2.50 bits per heavy atom. The maximum absolute atomic E-state index is 3.87. The van der Waals surface area contributed by atoms with E-state index in [9.17, 15) is 0 Å². The Labute approximate surface area is 44.7 Å². The second-order valence-electron chi connectivity index (χ2n) is 1.17. The lowest BCUT2D eigenvalue weighted by Crippen LogP contribution is -1.54. The van der Waals surface area contributed by atoms with Crippen molar-refractivity contribution in [1.29, 1.82) is 0 Å². The first-order valence-corrected chi connectivity index (χ1v) is 2.72. The molecule has 0 heterocycles. The topological polar surface area (TPSA) is 0 Å². The number of hydrogen-bond donors (Lipinski definition) is 1. The third-order valence-corrected chi connectivity index (χ3v) is 0.772. The van der Waals surface area contributed by atoms with Gasteiger partial charge in [-0.2, -0.15) is 12.6 Å². The molecule has 0 fully saturated rings. The van der Waals surface area contributed by atoms with Gasteiger partial charge in [0.1, 0.15) is 0 Å². The van der Waals surface area contributed by atoms with Gasteiger partial charge in [-0.15, -0.1) is 0 Å². The number of rotatable bonds is 2. The van der Waals surface area contributed by atoms with Crippen LogP contribution in [-0.4, -0.2) is 0 Å². The Morgan fingerprint density at radius 2 is 2.33 bits per heavy atom. The molecule has 0 N–H and O–H groups in total. The van der Waals surface area contributed by atoms with Crippen LogP contribution in [0.3, 0.4) is 0 Å². The van der Waals surface area contributed by atoms with Crippen molar-refractivity contribution in [2.75, 3.05) is 0 Å². The Hall–Kier alpha value is 0.0900. The minimum Gasteiger partial charge on any atom is -0.152 e. The highest BCUT2D eigenvalue weighted by atomic mass is 32.1. The van der Waals surface area contributed by atoms with Crippen LogP contribution >= 0.6 is 12.6 Å². The van der Waals surface area contributed by atoms with Crippen LogP contribution in [0.1, 0.15) is 19.8 Å². The highest BCUT2D eigenvalue weighted by Gasteiger charge is 1.65. The van der Waals surface area contributed by atoms with E-state index in [1.54, 1.807) is 5.41 Å². The first-order valence-electron chi connectivity index (χ1n) is 2.21. The van der Waals surface area contributed by atoms with Gasteiger partial charge in [0.05, 0.1) is 0 Å². The molecule has 0 aliphatic rings. The van der Waals surface area contributed by atoms with Crippen molar-refractivity contribution in [3.05, 3.63) is 11.5 Å². The van der Waals surface area contributed by atoms with Gasteiger partial charge in [0.2, 0.25) is 0 Å².